The molecule has 3 fully saturated rings. The quantitative estimate of drug-likeness (QED) is 0.734. The van der Waals surface area contributed by atoms with Crippen LogP contribution in [0.4, 0.5) is 0 Å². The largest absolute Gasteiger partial charge is 0.508 e. The van der Waals surface area contributed by atoms with Crippen molar-refractivity contribution in [2.45, 2.75) is 63.2 Å². The number of benzene rings is 1. The molecule has 5 rings (SSSR count). The first-order chi connectivity index (χ1) is 14.7. The fourth-order valence-corrected chi connectivity index (χ4v) is 5.25. The molecule has 2 saturated heterocycles. The van der Waals surface area contributed by atoms with E-state index in [2.05, 4.69) is 16.5 Å². The molecule has 30 heavy (non-hydrogen) atoms. The first-order valence-electron chi connectivity index (χ1n) is 11.1. The van der Waals surface area contributed by atoms with E-state index in [1.807, 2.05) is 4.68 Å². The fraction of sp³-hybridized carbons (Fsp3) is 0.609. The fourth-order valence-electron chi connectivity index (χ4n) is 5.25. The van der Waals surface area contributed by atoms with E-state index in [4.69, 9.17) is 9.47 Å². The van der Waals surface area contributed by atoms with Crippen molar-refractivity contribution in [2.75, 3.05) is 13.2 Å². The molecule has 0 unspecified atom stereocenters. The summed E-state index contributed by atoms with van der Waals surface area (Å²) >= 11 is 0. The molecular formula is C23H29N3O4. The Hall–Kier alpha value is -2.25. The summed E-state index contributed by atoms with van der Waals surface area (Å²) in [4.78, 5) is 12.6. The van der Waals surface area contributed by atoms with Crippen LogP contribution < -0.4 is 0 Å². The van der Waals surface area contributed by atoms with E-state index in [9.17, 15) is 9.90 Å². The zero-order valence-electron chi connectivity index (χ0n) is 17.2. The maximum atomic E-state index is 12.6. The van der Waals surface area contributed by atoms with Crippen LogP contribution in [-0.4, -0.2) is 51.3 Å². The highest BCUT2D eigenvalue weighted by molar-refractivity contribution is 5.96. The second-order valence-electron chi connectivity index (χ2n) is 9.00. The van der Waals surface area contributed by atoms with Crippen molar-refractivity contribution in [1.29, 1.82) is 0 Å². The highest BCUT2D eigenvalue weighted by Crippen LogP contribution is 2.39. The number of hydrogen-bond acceptors (Lipinski definition) is 6. The molecule has 2 aromatic rings. The minimum Gasteiger partial charge on any atom is -0.508 e. The van der Waals surface area contributed by atoms with Crippen molar-refractivity contribution in [1.82, 2.24) is 15.0 Å². The number of ether oxygens (including phenoxy) is 2. The molecule has 0 spiro atoms. The van der Waals surface area contributed by atoms with Crippen LogP contribution in [0.5, 0.6) is 5.75 Å². The van der Waals surface area contributed by atoms with Crippen LogP contribution in [0.2, 0.25) is 0 Å². The third-order valence-corrected chi connectivity index (χ3v) is 6.87. The van der Waals surface area contributed by atoms with Gasteiger partial charge in [0.2, 0.25) is 0 Å². The van der Waals surface area contributed by atoms with Crippen molar-refractivity contribution < 1.29 is 19.4 Å². The van der Waals surface area contributed by atoms with Crippen LogP contribution in [0.15, 0.2) is 30.5 Å². The van der Waals surface area contributed by atoms with E-state index in [-0.39, 0.29) is 35.7 Å². The third-order valence-electron chi connectivity index (χ3n) is 6.87. The van der Waals surface area contributed by atoms with Crippen molar-refractivity contribution in [3.63, 3.8) is 0 Å². The van der Waals surface area contributed by atoms with Crippen molar-refractivity contribution >= 4 is 5.78 Å². The Labute approximate surface area is 176 Å². The highest BCUT2D eigenvalue weighted by Gasteiger charge is 2.49. The van der Waals surface area contributed by atoms with E-state index in [0.29, 0.717) is 25.2 Å². The van der Waals surface area contributed by atoms with Gasteiger partial charge in [-0.1, -0.05) is 49.5 Å². The first-order valence-corrected chi connectivity index (χ1v) is 11.1. The smallest absolute Gasteiger partial charge is 0.163 e. The number of carbonyl (C=O) groups excluding carboxylic acids is 1. The number of fused-ring (bicyclic) bond motifs is 1. The predicted octanol–water partition coefficient (Wildman–Crippen LogP) is 3.33. The number of nitrogens with zero attached hydrogens (tertiary/aromatic N) is 3. The summed E-state index contributed by atoms with van der Waals surface area (Å²) in [5, 5.41) is 18.4. The van der Waals surface area contributed by atoms with E-state index in [0.717, 1.165) is 18.0 Å². The van der Waals surface area contributed by atoms with E-state index >= 15 is 0 Å². The lowest BCUT2D eigenvalue weighted by Gasteiger charge is -2.20. The number of phenols is 1. The number of Topliss-reactive ketones (excluding diaryl/α,β-unsaturated/α-hetero) is 1. The first kappa shape index (κ1) is 19.7. The maximum Gasteiger partial charge on any atom is 0.163 e. The van der Waals surface area contributed by atoms with Crippen LogP contribution in [0, 0.1) is 11.8 Å². The molecule has 7 heteroatoms. The molecule has 4 atom stereocenters. The number of carbonyl (C=O) groups is 1. The molecule has 1 aromatic carbocycles. The highest BCUT2D eigenvalue weighted by atomic mass is 16.6. The van der Waals surface area contributed by atoms with Gasteiger partial charge < -0.3 is 14.6 Å². The van der Waals surface area contributed by atoms with Gasteiger partial charge in [-0.2, -0.15) is 0 Å². The molecule has 3 aliphatic rings. The zero-order chi connectivity index (χ0) is 20.5. The van der Waals surface area contributed by atoms with E-state index < -0.39 is 0 Å². The van der Waals surface area contributed by atoms with Gasteiger partial charge in [0.1, 0.15) is 17.9 Å². The van der Waals surface area contributed by atoms with Gasteiger partial charge in [-0.05, 0) is 24.5 Å². The van der Waals surface area contributed by atoms with Crippen LogP contribution in [-0.2, 0) is 15.9 Å². The van der Waals surface area contributed by atoms with Crippen molar-refractivity contribution in [2.24, 2.45) is 11.8 Å². The lowest BCUT2D eigenvalue weighted by molar-refractivity contribution is 0.0585. The summed E-state index contributed by atoms with van der Waals surface area (Å²) < 4.78 is 14.0. The Kier molecular flexibility index (Phi) is 5.56. The van der Waals surface area contributed by atoms with Crippen LogP contribution in [0.25, 0.3) is 0 Å². The average molecular weight is 412 g/mol. The molecule has 3 heterocycles. The molecule has 0 amide bonds. The SMILES string of the molecule is O=C(C[C@H]1CO[C@H]2[C@@H]1OC[C@@H]2n1cc(CC2CCCCC2)nn1)c1cccc(O)c1. The van der Waals surface area contributed by atoms with Gasteiger partial charge in [-0.15, -0.1) is 5.10 Å². The number of rotatable bonds is 6. The molecule has 1 saturated carbocycles. The Morgan fingerprint density at radius 1 is 1.13 bits per heavy atom. The van der Waals surface area contributed by atoms with Crippen molar-refractivity contribution in [3.05, 3.63) is 41.7 Å². The summed E-state index contributed by atoms with van der Waals surface area (Å²) in [5.41, 5.74) is 1.58. The molecular weight excluding hydrogens is 382 g/mol. The van der Waals surface area contributed by atoms with Gasteiger partial charge in [0, 0.05) is 24.1 Å². The number of aromatic nitrogens is 3. The van der Waals surface area contributed by atoms with Gasteiger partial charge >= 0.3 is 0 Å². The minimum atomic E-state index is -0.109. The Morgan fingerprint density at radius 2 is 1.97 bits per heavy atom. The Morgan fingerprint density at radius 3 is 2.80 bits per heavy atom. The molecule has 1 N–H and O–H groups in total. The zero-order valence-corrected chi connectivity index (χ0v) is 17.2. The van der Waals surface area contributed by atoms with Gasteiger partial charge in [0.15, 0.2) is 5.78 Å². The number of hydrogen-bond donors (Lipinski definition) is 1. The Balaban J connectivity index is 1.21. The lowest BCUT2D eigenvalue weighted by Crippen LogP contribution is -2.29. The predicted molar refractivity (Wildman–Crippen MR) is 109 cm³/mol. The van der Waals surface area contributed by atoms with Gasteiger partial charge in [0.25, 0.3) is 0 Å². The van der Waals surface area contributed by atoms with Crippen molar-refractivity contribution in [3.8, 4) is 5.75 Å². The summed E-state index contributed by atoms with van der Waals surface area (Å²) in [6.45, 7) is 1.03. The summed E-state index contributed by atoms with van der Waals surface area (Å²) in [6.07, 6.45) is 9.80. The maximum absolute atomic E-state index is 12.6. The van der Waals surface area contributed by atoms with Gasteiger partial charge in [-0.3, -0.25) is 4.79 Å². The van der Waals surface area contributed by atoms with E-state index in [1.54, 1.807) is 18.2 Å². The molecule has 1 aromatic heterocycles. The molecule has 2 aliphatic heterocycles. The van der Waals surface area contributed by atoms with Crippen LogP contribution >= 0.6 is 0 Å². The van der Waals surface area contributed by atoms with Gasteiger partial charge in [-0.25, -0.2) is 4.68 Å². The topological polar surface area (TPSA) is 86.5 Å². The number of aromatic hydroxyl groups is 1. The normalized spacial score (nSPS) is 29.2. The van der Waals surface area contributed by atoms with Crippen LogP contribution in [0.3, 0.4) is 0 Å². The third kappa shape index (κ3) is 4.01. The lowest BCUT2D eigenvalue weighted by atomic mass is 9.86. The summed E-state index contributed by atoms with van der Waals surface area (Å²) in [5.74, 6) is 0.851. The molecule has 1 aliphatic carbocycles. The molecule has 7 nitrogen and oxygen atoms in total. The monoisotopic (exact) mass is 411 g/mol. The molecule has 160 valence electrons. The summed E-state index contributed by atoms with van der Waals surface area (Å²) in [6, 6.07) is 6.50. The Bertz CT molecular complexity index is 892. The standard InChI is InChI=1S/C23H29N3O4/c27-19-8-4-7-16(10-19)21(28)11-17-13-29-23-20(14-30-22(17)23)26-12-18(24-25-26)9-15-5-2-1-3-6-15/h4,7-8,10,12,15,17,20,22-23,27H,1-3,5-6,9,11,13-14H2/t17-,20-,22+,23+/m0/s1. The minimum absolute atomic E-state index is 0.00252. The summed E-state index contributed by atoms with van der Waals surface area (Å²) in [7, 11) is 0. The second kappa shape index (κ2) is 8.47. The van der Waals surface area contributed by atoms with E-state index in [1.165, 1.54) is 38.2 Å². The number of phenolic OH excluding ortho intramolecular Hbond substituents is 1. The molecule has 0 radical (unpaired) electrons. The number of ketones is 1. The average Bonchev–Trinajstić information content (AvgIpc) is 3.47. The van der Waals surface area contributed by atoms with Gasteiger partial charge in [0.05, 0.1) is 25.0 Å². The second-order valence-corrected chi connectivity index (χ2v) is 9.00. The van der Waals surface area contributed by atoms with Crippen LogP contribution in [0.1, 0.15) is 60.6 Å². The molecule has 0 bridgehead atoms.